The molecular formula is C16H19FN2. The van der Waals surface area contributed by atoms with Crippen LogP contribution < -0.4 is 5.32 Å². The van der Waals surface area contributed by atoms with Crippen LogP contribution in [0.2, 0.25) is 0 Å². The van der Waals surface area contributed by atoms with Crippen LogP contribution in [-0.4, -0.2) is 19.0 Å². The van der Waals surface area contributed by atoms with Gasteiger partial charge in [0.1, 0.15) is 5.82 Å². The van der Waals surface area contributed by atoms with Crippen LogP contribution >= 0.6 is 0 Å². The van der Waals surface area contributed by atoms with Gasteiger partial charge in [-0.05, 0) is 42.4 Å². The Morgan fingerprint density at radius 2 is 1.68 bits per heavy atom. The van der Waals surface area contributed by atoms with Gasteiger partial charge in [-0.2, -0.15) is 0 Å². The van der Waals surface area contributed by atoms with E-state index in [0.29, 0.717) is 0 Å². The van der Waals surface area contributed by atoms with E-state index in [2.05, 4.69) is 29.4 Å². The molecule has 0 saturated carbocycles. The number of hydrogen-bond donors (Lipinski definition) is 1. The highest BCUT2D eigenvalue weighted by atomic mass is 19.1. The number of benzene rings is 2. The summed E-state index contributed by atoms with van der Waals surface area (Å²) in [6, 6.07) is 15.0. The SMILES string of the molecule is CNc1cccc(CN(C)Cc2ccc(F)cc2)c1. The van der Waals surface area contributed by atoms with Gasteiger partial charge in [0.2, 0.25) is 0 Å². The predicted octanol–water partition coefficient (Wildman–Crippen LogP) is 3.50. The van der Waals surface area contributed by atoms with E-state index < -0.39 is 0 Å². The van der Waals surface area contributed by atoms with Crippen molar-refractivity contribution in [1.29, 1.82) is 0 Å². The Morgan fingerprint density at radius 3 is 2.37 bits per heavy atom. The van der Waals surface area contributed by atoms with Crippen molar-refractivity contribution in [2.75, 3.05) is 19.4 Å². The van der Waals surface area contributed by atoms with Crippen molar-refractivity contribution in [2.45, 2.75) is 13.1 Å². The molecule has 0 aliphatic heterocycles. The Morgan fingerprint density at radius 1 is 1.00 bits per heavy atom. The van der Waals surface area contributed by atoms with Gasteiger partial charge in [-0.25, -0.2) is 4.39 Å². The van der Waals surface area contributed by atoms with E-state index in [4.69, 9.17) is 0 Å². The van der Waals surface area contributed by atoms with Crippen molar-refractivity contribution in [3.63, 3.8) is 0 Å². The smallest absolute Gasteiger partial charge is 0.123 e. The highest BCUT2D eigenvalue weighted by molar-refractivity contribution is 5.44. The monoisotopic (exact) mass is 258 g/mol. The van der Waals surface area contributed by atoms with Crippen LogP contribution in [0.15, 0.2) is 48.5 Å². The number of hydrogen-bond acceptors (Lipinski definition) is 2. The van der Waals surface area contributed by atoms with Gasteiger partial charge < -0.3 is 5.32 Å². The molecule has 0 radical (unpaired) electrons. The summed E-state index contributed by atoms with van der Waals surface area (Å²) >= 11 is 0. The Kier molecular flexibility index (Phi) is 4.53. The average Bonchev–Trinajstić information content (AvgIpc) is 2.41. The molecule has 0 aliphatic carbocycles. The largest absolute Gasteiger partial charge is 0.388 e. The summed E-state index contributed by atoms with van der Waals surface area (Å²) in [5.41, 5.74) is 3.50. The quantitative estimate of drug-likeness (QED) is 0.883. The molecule has 1 N–H and O–H groups in total. The summed E-state index contributed by atoms with van der Waals surface area (Å²) in [5, 5.41) is 3.14. The summed E-state index contributed by atoms with van der Waals surface area (Å²) in [6.45, 7) is 1.68. The zero-order valence-corrected chi connectivity index (χ0v) is 11.4. The van der Waals surface area contributed by atoms with E-state index in [1.54, 1.807) is 0 Å². The van der Waals surface area contributed by atoms with E-state index in [1.165, 1.54) is 17.7 Å². The Balaban J connectivity index is 1.96. The van der Waals surface area contributed by atoms with Crippen molar-refractivity contribution in [2.24, 2.45) is 0 Å². The van der Waals surface area contributed by atoms with Crippen LogP contribution in [-0.2, 0) is 13.1 Å². The molecule has 2 aromatic rings. The van der Waals surface area contributed by atoms with Gasteiger partial charge >= 0.3 is 0 Å². The van der Waals surface area contributed by atoms with Gasteiger partial charge in [-0.1, -0.05) is 24.3 Å². The molecule has 2 aromatic carbocycles. The zero-order chi connectivity index (χ0) is 13.7. The number of rotatable bonds is 5. The molecule has 0 fully saturated rings. The Hall–Kier alpha value is -1.87. The first-order valence-electron chi connectivity index (χ1n) is 6.37. The first kappa shape index (κ1) is 13.6. The van der Waals surface area contributed by atoms with E-state index in [9.17, 15) is 4.39 Å². The van der Waals surface area contributed by atoms with Gasteiger partial charge in [0.05, 0.1) is 0 Å². The highest BCUT2D eigenvalue weighted by Gasteiger charge is 2.03. The van der Waals surface area contributed by atoms with Crippen LogP contribution in [0.25, 0.3) is 0 Å². The molecule has 0 bridgehead atoms. The maximum Gasteiger partial charge on any atom is 0.123 e. The maximum absolute atomic E-state index is 12.8. The molecule has 0 saturated heterocycles. The van der Waals surface area contributed by atoms with E-state index >= 15 is 0 Å². The molecule has 0 spiro atoms. The third kappa shape index (κ3) is 4.07. The Bertz CT molecular complexity index is 523. The lowest BCUT2D eigenvalue weighted by Crippen LogP contribution is -2.17. The average molecular weight is 258 g/mol. The van der Waals surface area contributed by atoms with Crippen LogP contribution in [0.5, 0.6) is 0 Å². The second-order valence-corrected chi connectivity index (χ2v) is 4.75. The van der Waals surface area contributed by atoms with Crippen molar-refractivity contribution in [1.82, 2.24) is 4.90 Å². The number of nitrogens with zero attached hydrogens (tertiary/aromatic N) is 1. The first-order valence-corrected chi connectivity index (χ1v) is 6.37. The second-order valence-electron chi connectivity index (χ2n) is 4.75. The zero-order valence-electron chi connectivity index (χ0n) is 11.4. The standard InChI is InChI=1S/C16H19FN2/c1-18-16-5-3-4-14(10-16)12-19(2)11-13-6-8-15(17)9-7-13/h3-10,18H,11-12H2,1-2H3. The molecule has 100 valence electrons. The van der Waals surface area contributed by atoms with Crippen molar-refractivity contribution < 1.29 is 4.39 Å². The van der Waals surface area contributed by atoms with Crippen LogP contribution in [0, 0.1) is 5.82 Å². The minimum Gasteiger partial charge on any atom is -0.388 e. The molecule has 2 rings (SSSR count). The molecule has 0 heterocycles. The van der Waals surface area contributed by atoms with E-state index in [0.717, 1.165) is 24.3 Å². The molecule has 19 heavy (non-hydrogen) atoms. The fourth-order valence-corrected chi connectivity index (χ4v) is 2.09. The molecule has 2 nitrogen and oxygen atoms in total. The second kappa shape index (κ2) is 6.34. The van der Waals surface area contributed by atoms with Crippen LogP contribution in [0.1, 0.15) is 11.1 Å². The lowest BCUT2D eigenvalue weighted by atomic mass is 10.1. The fourth-order valence-electron chi connectivity index (χ4n) is 2.09. The van der Waals surface area contributed by atoms with Gasteiger partial charge in [0.15, 0.2) is 0 Å². The summed E-state index contributed by atoms with van der Waals surface area (Å²) < 4.78 is 12.8. The van der Waals surface area contributed by atoms with Gasteiger partial charge in [-0.3, -0.25) is 4.90 Å². The topological polar surface area (TPSA) is 15.3 Å². The number of halogens is 1. The van der Waals surface area contributed by atoms with Crippen molar-refractivity contribution in [3.05, 3.63) is 65.5 Å². The lowest BCUT2D eigenvalue weighted by Gasteiger charge is -2.17. The van der Waals surface area contributed by atoms with Crippen LogP contribution in [0.4, 0.5) is 10.1 Å². The summed E-state index contributed by atoms with van der Waals surface area (Å²) in [5.74, 6) is -0.187. The third-order valence-corrected chi connectivity index (χ3v) is 3.03. The third-order valence-electron chi connectivity index (χ3n) is 3.03. The lowest BCUT2D eigenvalue weighted by molar-refractivity contribution is 0.319. The van der Waals surface area contributed by atoms with Crippen LogP contribution in [0.3, 0.4) is 0 Å². The fraction of sp³-hybridized carbons (Fsp3) is 0.250. The molecule has 0 atom stereocenters. The predicted molar refractivity (Wildman–Crippen MR) is 77.6 cm³/mol. The molecule has 0 aromatic heterocycles. The summed E-state index contributed by atoms with van der Waals surface area (Å²) in [4.78, 5) is 2.21. The summed E-state index contributed by atoms with van der Waals surface area (Å²) in [6.07, 6.45) is 0. The number of nitrogens with one attached hydrogen (secondary N) is 1. The number of anilines is 1. The van der Waals surface area contributed by atoms with E-state index in [-0.39, 0.29) is 5.82 Å². The first-order chi connectivity index (χ1) is 9.17. The molecule has 0 amide bonds. The molecule has 0 unspecified atom stereocenters. The van der Waals surface area contributed by atoms with Crippen molar-refractivity contribution >= 4 is 5.69 Å². The normalized spacial score (nSPS) is 10.7. The van der Waals surface area contributed by atoms with Gasteiger partial charge in [-0.15, -0.1) is 0 Å². The van der Waals surface area contributed by atoms with Gasteiger partial charge in [0, 0.05) is 25.8 Å². The summed E-state index contributed by atoms with van der Waals surface area (Å²) in [7, 11) is 3.98. The Labute approximate surface area is 113 Å². The maximum atomic E-state index is 12.8. The molecular weight excluding hydrogens is 239 g/mol. The molecule has 0 aliphatic rings. The van der Waals surface area contributed by atoms with Gasteiger partial charge in [0.25, 0.3) is 0 Å². The highest BCUT2D eigenvalue weighted by Crippen LogP contribution is 2.13. The minimum absolute atomic E-state index is 0.187. The molecule has 3 heteroatoms. The van der Waals surface area contributed by atoms with E-state index in [1.807, 2.05) is 31.3 Å². The minimum atomic E-state index is -0.187. The van der Waals surface area contributed by atoms with Crippen molar-refractivity contribution in [3.8, 4) is 0 Å².